The highest BCUT2D eigenvalue weighted by atomic mass is 16.6. The molecular weight excluding hydrogens is 560 g/mol. The van der Waals surface area contributed by atoms with E-state index in [4.69, 9.17) is 9.47 Å². The molecule has 3 fully saturated rings. The molecule has 2 unspecified atom stereocenters. The fourth-order valence-corrected chi connectivity index (χ4v) is 7.27. The lowest BCUT2D eigenvalue weighted by Crippen LogP contribution is -2.50. The summed E-state index contributed by atoms with van der Waals surface area (Å²) in [6.45, 7) is 7.94. The van der Waals surface area contributed by atoms with Crippen molar-refractivity contribution in [1.82, 2.24) is 14.7 Å². The first-order valence-corrected chi connectivity index (χ1v) is 15.7. The number of nitro groups is 1. The summed E-state index contributed by atoms with van der Waals surface area (Å²) < 4.78 is 12.0. The van der Waals surface area contributed by atoms with Gasteiger partial charge in [-0.05, 0) is 48.9 Å². The average Bonchev–Trinajstić information content (AvgIpc) is 3.73. The number of ether oxygens (including phenoxy) is 2. The van der Waals surface area contributed by atoms with Gasteiger partial charge in [0.2, 0.25) is 5.91 Å². The summed E-state index contributed by atoms with van der Waals surface area (Å²) >= 11 is 0. The number of hydrogen-bond acceptors (Lipinski definition) is 7. The second-order valence-corrected chi connectivity index (χ2v) is 12.3. The van der Waals surface area contributed by atoms with Crippen LogP contribution in [0.1, 0.15) is 49.7 Å². The number of amides is 2. The monoisotopic (exact) mass is 604 g/mol. The molecule has 2 atom stereocenters. The zero-order valence-electron chi connectivity index (χ0n) is 25.6. The largest absolute Gasteiger partial charge is 0.445 e. The number of likely N-dealkylation sites (tertiary alicyclic amines) is 2. The number of benzene rings is 2. The van der Waals surface area contributed by atoms with E-state index in [1.807, 2.05) is 18.2 Å². The number of non-ortho nitro benzene ring substituents is 1. The van der Waals surface area contributed by atoms with Crippen molar-refractivity contribution in [2.45, 2.75) is 56.8 Å². The molecule has 2 heterocycles. The molecule has 2 saturated heterocycles. The zero-order chi connectivity index (χ0) is 31.1. The van der Waals surface area contributed by atoms with Crippen LogP contribution in [0, 0.1) is 22.0 Å². The van der Waals surface area contributed by atoms with Gasteiger partial charge in [-0.25, -0.2) is 4.79 Å². The third kappa shape index (κ3) is 6.97. The minimum Gasteiger partial charge on any atom is -0.445 e. The standard InChI is InChI=1S/C34H44N4O6/c1-3-19-37(33(40)44-24-26-13-15-31(16-14-26)38(41)42)30-17-20-35(21-18-30)22-29-23-36(32(39)27-9-7-8-10-27)25-34(29,43-2)28-11-5-4-6-12-28/h3-6,11-16,27,29-30H,1,7-10,17-25H2,2H3. The van der Waals surface area contributed by atoms with E-state index in [1.165, 1.54) is 12.1 Å². The first kappa shape index (κ1) is 31.7. The van der Waals surface area contributed by atoms with Crippen LogP contribution < -0.4 is 0 Å². The SMILES string of the molecule is C=CCN(C(=O)OCc1ccc([N+](=O)[O-])cc1)C1CCN(CC2CN(C(=O)C3CCCC3)CC2(OC)c2ccccc2)CC1. The summed E-state index contributed by atoms with van der Waals surface area (Å²) in [5.74, 6) is 0.520. The van der Waals surface area contributed by atoms with Gasteiger partial charge < -0.3 is 24.2 Å². The van der Waals surface area contributed by atoms with Crippen LogP contribution in [0.2, 0.25) is 0 Å². The lowest BCUT2D eigenvalue weighted by atomic mass is 9.83. The minimum atomic E-state index is -0.567. The van der Waals surface area contributed by atoms with E-state index in [1.54, 1.807) is 30.2 Å². The lowest BCUT2D eigenvalue weighted by molar-refractivity contribution is -0.384. The highest BCUT2D eigenvalue weighted by molar-refractivity contribution is 5.79. The fraction of sp³-hybridized carbons (Fsp3) is 0.529. The quantitative estimate of drug-likeness (QED) is 0.193. The number of nitro benzene ring substituents is 1. The van der Waals surface area contributed by atoms with Crippen LogP contribution in [0.5, 0.6) is 0 Å². The van der Waals surface area contributed by atoms with Gasteiger partial charge in [-0.15, -0.1) is 6.58 Å². The number of piperidine rings is 1. The summed E-state index contributed by atoms with van der Waals surface area (Å²) in [6, 6.07) is 16.3. The Morgan fingerprint density at radius 3 is 2.36 bits per heavy atom. The smallest absolute Gasteiger partial charge is 0.410 e. The van der Waals surface area contributed by atoms with Crippen molar-refractivity contribution in [3.63, 3.8) is 0 Å². The van der Waals surface area contributed by atoms with E-state index in [0.717, 1.165) is 63.7 Å². The number of rotatable bonds is 11. The normalized spacial score (nSPS) is 23.0. The molecule has 236 valence electrons. The van der Waals surface area contributed by atoms with Gasteiger partial charge in [-0.2, -0.15) is 0 Å². The summed E-state index contributed by atoms with van der Waals surface area (Å²) in [5, 5.41) is 10.9. The molecule has 0 aromatic heterocycles. The summed E-state index contributed by atoms with van der Waals surface area (Å²) in [6.07, 6.45) is 7.11. The predicted octanol–water partition coefficient (Wildman–Crippen LogP) is 5.37. The molecule has 10 heteroatoms. The molecule has 3 aliphatic rings. The zero-order valence-corrected chi connectivity index (χ0v) is 25.6. The Morgan fingerprint density at radius 1 is 1.07 bits per heavy atom. The Labute approximate surface area is 259 Å². The molecule has 2 aromatic rings. The molecule has 0 radical (unpaired) electrons. The second kappa shape index (κ2) is 14.3. The topological polar surface area (TPSA) is 105 Å². The van der Waals surface area contributed by atoms with E-state index in [0.29, 0.717) is 25.2 Å². The highest BCUT2D eigenvalue weighted by Gasteiger charge is 2.51. The van der Waals surface area contributed by atoms with Crippen molar-refractivity contribution in [3.05, 3.63) is 88.5 Å². The first-order valence-electron chi connectivity index (χ1n) is 15.7. The molecule has 0 bridgehead atoms. The number of carbonyl (C=O) groups excluding carboxylic acids is 2. The number of nitrogens with zero attached hydrogens (tertiary/aromatic N) is 4. The Bertz CT molecular complexity index is 1290. The predicted molar refractivity (Wildman–Crippen MR) is 167 cm³/mol. The number of hydrogen-bond donors (Lipinski definition) is 0. The number of methoxy groups -OCH3 is 1. The molecular formula is C34H44N4O6. The molecule has 1 aliphatic carbocycles. The lowest BCUT2D eigenvalue weighted by Gasteiger charge is -2.41. The van der Waals surface area contributed by atoms with Crippen LogP contribution in [0.4, 0.5) is 10.5 Å². The molecule has 5 rings (SSSR count). The Hall–Kier alpha value is -3.76. The van der Waals surface area contributed by atoms with E-state index < -0.39 is 16.6 Å². The van der Waals surface area contributed by atoms with Gasteiger partial charge in [-0.1, -0.05) is 49.2 Å². The molecule has 10 nitrogen and oxygen atoms in total. The maximum atomic E-state index is 13.5. The number of carbonyl (C=O) groups is 2. The van der Waals surface area contributed by atoms with Crippen LogP contribution >= 0.6 is 0 Å². The average molecular weight is 605 g/mol. The van der Waals surface area contributed by atoms with Crippen molar-refractivity contribution < 1.29 is 24.0 Å². The van der Waals surface area contributed by atoms with Gasteiger partial charge in [0, 0.05) is 69.8 Å². The van der Waals surface area contributed by atoms with Gasteiger partial charge in [0.05, 0.1) is 11.5 Å². The van der Waals surface area contributed by atoms with E-state index >= 15 is 0 Å². The Morgan fingerprint density at radius 2 is 1.75 bits per heavy atom. The summed E-state index contributed by atoms with van der Waals surface area (Å²) in [4.78, 5) is 43.3. The molecule has 0 N–H and O–H groups in total. The molecule has 2 aromatic carbocycles. The van der Waals surface area contributed by atoms with Crippen LogP contribution in [0.15, 0.2) is 67.3 Å². The van der Waals surface area contributed by atoms with Crippen LogP contribution in [0.25, 0.3) is 0 Å². The molecule has 2 aliphatic heterocycles. The van der Waals surface area contributed by atoms with E-state index in [2.05, 4.69) is 28.5 Å². The van der Waals surface area contributed by atoms with Crippen molar-refractivity contribution in [3.8, 4) is 0 Å². The van der Waals surface area contributed by atoms with Crippen LogP contribution in [-0.2, 0) is 26.5 Å². The van der Waals surface area contributed by atoms with Gasteiger partial charge in [0.25, 0.3) is 5.69 Å². The van der Waals surface area contributed by atoms with Crippen molar-refractivity contribution >= 4 is 17.7 Å². The van der Waals surface area contributed by atoms with Crippen molar-refractivity contribution in [2.24, 2.45) is 11.8 Å². The molecule has 0 spiro atoms. The maximum absolute atomic E-state index is 13.5. The van der Waals surface area contributed by atoms with Crippen molar-refractivity contribution in [2.75, 3.05) is 46.4 Å². The van der Waals surface area contributed by atoms with Crippen molar-refractivity contribution in [1.29, 1.82) is 0 Å². The van der Waals surface area contributed by atoms with Gasteiger partial charge >= 0.3 is 6.09 Å². The van der Waals surface area contributed by atoms with Crippen LogP contribution in [0.3, 0.4) is 0 Å². The maximum Gasteiger partial charge on any atom is 0.410 e. The highest BCUT2D eigenvalue weighted by Crippen LogP contribution is 2.42. The fourth-order valence-electron chi connectivity index (χ4n) is 7.27. The minimum absolute atomic E-state index is 0.00245. The third-order valence-corrected chi connectivity index (χ3v) is 9.71. The molecule has 2 amide bonds. The summed E-state index contributed by atoms with van der Waals surface area (Å²) in [7, 11) is 1.77. The molecule has 44 heavy (non-hydrogen) atoms. The first-order chi connectivity index (χ1) is 21.3. The van der Waals surface area contributed by atoms with E-state index in [-0.39, 0.29) is 36.1 Å². The molecule has 1 saturated carbocycles. The Balaban J connectivity index is 1.21. The third-order valence-electron chi connectivity index (χ3n) is 9.71. The van der Waals surface area contributed by atoms with Crippen LogP contribution in [-0.4, -0.2) is 84.0 Å². The second-order valence-electron chi connectivity index (χ2n) is 12.3. The Kier molecular flexibility index (Phi) is 10.3. The van der Waals surface area contributed by atoms with Gasteiger partial charge in [0.1, 0.15) is 12.2 Å². The van der Waals surface area contributed by atoms with Gasteiger partial charge in [-0.3, -0.25) is 14.9 Å². The van der Waals surface area contributed by atoms with E-state index in [9.17, 15) is 19.7 Å². The van der Waals surface area contributed by atoms with Gasteiger partial charge in [0.15, 0.2) is 0 Å². The summed E-state index contributed by atoms with van der Waals surface area (Å²) in [5.41, 5.74) is 1.23.